The Morgan fingerprint density at radius 3 is 2.57 bits per heavy atom. The van der Waals surface area contributed by atoms with Crippen LogP contribution in [0.4, 0.5) is 5.69 Å². The van der Waals surface area contributed by atoms with Gasteiger partial charge < -0.3 is 15.8 Å². The first-order chi connectivity index (χ1) is 10.0. The number of benzene rings is 1. The number of hydrogen-bond acceptors (Lipinski definition) is 4. The van der Waals surface area contributed by atoms with Gasteiger partial charge in [-0.1, -0.05) is 13.8 Å². The third-order valence-electron chi connectivity index (χ3n) is 3.15. The van der Waals surface area contributed by atoms with Crippen LogP contribution in [-0.2, 0) is 15.6 Å². The highest BCUT2D eigenvalue weighted by molar-refractivity contribution is 7.86. The highest BCUT2D eigenvalue weighted by Crippen LogP contribution is 2.23. The molecule has 0 aliphatic heterocycles. The molecule has 3 N–H and O–H groups in total. The van der Waals surface area contributed by atoms with Crippen LogP contribution in [0.25, 0.3) is 0 Å². The number of amides is 1. The van der Waals surface area contributed by atoms with Gasteiger partial charge >= 0.3 is 0 Å². The number of rotatable bonds is 8. The molecule has 1 atom stereocenters. The zero-order valence-corrected chi connectivity index (χ0v) is 13.7. The molecule has 5 nitrogen and oxygen atoms in total. The van der Waals surface area contributed by atoms with Crippen molar-refractivity contribution in [3.8, 4) is 5.75 Å². The second-order valence-electron chi connectivity index (χ2n) is 4.70. The zero-order chi connectivity index (χ0) is 15.8. The standard InChI is InChI=1S/C15H24N2O3S/c1-4-11(5-2)17-15(18)10-21(19)14-9-12(20-6-3)7-8-13(14)16/h7-9,11H,4-6,10,16H2,1-3H3,(H,17,18). The van der Waals surface area contributed by atoms with Gasteiger partial charge in [0, 0.05) is 11.7 Å². The lowest BCUT2D eigenvalue weighted by atomic mass is 10.2. The van der Waals surface area contributed by atoms with Gasteiger partial charge in [-0.2, -0.15) is 0 Å². The van der Waals surface area contributed by atoms with Crippen molar-refractivity contribution in [1.82, 2.24) is 5.32 Å². The Morgan fingerprint density at radius 2 is 2.00 bits per heavy atom. The molecule has 0 aliphatic carbocycles. The molecule has 0 heterocycles. The van der Waals surface area contributed by atoms with E-state index in [2.05, 4.69) is 5.32 Å². The molecule has 0 aliphatic rings. The predicted molar refractivity (Wildman–Crippen MR) is 85.8 cm³/mol. The highest BCUT2D eigenvalue weighted by atomic mass is 32.2. The number of hydrogen-bond donors (Lipinski definition) is 2. The molecule has 0 bridgehead atoms. The number of ether oxygens (including phenoxy) is 1. The Labute approximate surface area is 128 Å². The highest BCUT2D eigenvalue weighted by Gasteiger charge is 2.16. The molecule has 0 fully saturated rings. The van der Waals surface area contributed by atoms with E-state index in [-0.39, 0.29) is 17.7 Å². The average Bonchev–Trinajstić information content (AvgIpc) is 2.46. The maximum atomic E-state index is 12.3. The van der Waals surface area contributed by atoms with Crippen LogP contribution in [0.5, 0.6) is 5.75 Å². The topological polar surface area (TPSA) is 81.4 Å². The van der Waals surface area contributed by atoms with E-state index in [1.165, 1.54) is 0 Å². The molecule has 0 spiro atoms. The van der Waals surface area contributed by atoms with E-state index in [1.54, 1.807) is 18.2 Å². The summed E-state index contributed by atoms with van der Waals surface area (Å²) in [6.45, 7) is 6.41. The van der Waals surface area contributed by atoms with Crippen molar-refractivity contribution in [3.63, 3.8) is 0 Å². The van der Waals surface area contributed by atoms with Crippen molar-refractivity contribution >= 4 is 22.4 Å². The van der Waals surface area contributed by atoms with Crippen LogP contribution in [0.2, 0.25) is 0 Å². The van der Waals surface area contributed by atoms with Gasteiger partial charge in [0.25, 0.3) is 0 Å². The SMILES string of the molecule is CCOc1ccc(N)c(S(=O)CC(=O)NC(CC)CC)c1. The second kappa shape index (κ2) is 8.67. The maximum absolute atomic E-state index is 12.3. The summed E-state index contributed by atoms with van der Waals surface area (Å²) in [5.41, 5.74) is 6.24. The summed E-state index contributed by atoms with van der Waals surface area (Å²) in [6.07, 6.45) is 1.72. The summed E-state index contributed by atoms with van der Waals surface area (Å²) < 4.78 is 17.7. The molecule has 118 valence electrons. The van der Waals surface area contributed by atoms with Crippen LogP contribution < -0.4 is 15.8 Å². The van der Waals surface area contributed by atoms with Gasteiger partial charge in [0.15, 0.2) is 0 Å². The predicted octanol–water partition coefficient (Wildman–Crippen LogP) is 2.08. The first-order valence-electron chi connectivity index (χ1n) is 7.21. The van der Waals surface area contributed by atoms with Crippen molar-refractivity contribution in [3.05, 3.63) is 18.2 Å². The molecular weight excluding hydrogens is 288 g/mol. The Hall–Kier alpha value is -1.56. The fourth-order valence-corrected chi connectivity index (χ4v) is 2.98. The summed E-state index contributed by atoms with van der Waals surface area (Å²) in [5, 5.41) is 2.87. The molecule has 0 saturated heterocycles. The number of anilines is 1. The third-order valence-corrected chi connectivity index (χ3v) is 4.52. The number of nitrogens with two attached hydrogens (primary N) is 1. The lowest BCUT2D eigenvalue weighted by Gasteiger charge is -2.15. The van der Waals surface area contributed by atoms with Gasteiger partial charge in [0.05, 0.1) is 22.3 Å². The minimum Gasteiger partial charge on any atom is -0.494 e. The quantitative estimate of drug-likeness (QED) is 0.720. The van der Waals surface area contributed by atoms with Gasteiger partial charge in [0.1, 0.15) is 11.5 Å². The molecule has 1 amide bonds. The summed E-state index contributed by atoms with van der Waals surface area (Å²) >= 11 is 0. The summed E-state index contributed by atoms with van der Waals surface area (Å²) in [5.74, 6) is 0.301. The van der Waals surface area contributed by atoms with E-state index < -0.39 is 10.8 Å². The fraction of sp³-hybridized carbons (Fsp3) is 0.533. The molecule has 1 rings (SSSR count). The molecule has 0 saturated carbocycles. The first kappa shape index (κ1) is 17.5. The number of nitrogens with one attached hydrogen (secondary N) is 1. The molecule has 6 heteroatoms. The van der Waals surface area contributed by atoms with Crippen LogP contribution in [0.15, 0.2) is 23.1 Å². The van der Waals surface area contributed by atoms with E-state index in [0.717, 1.165) is 12.8 Å². The average molecular weight is 312 g/mol. The van der Waals surface area contributed by atoms with Gasteiger partial charge in [-0.05, 0) is 38.0 Å². The van der Waals surface area contributed by atoms with Crippen LogP contribution in [0.3, 0.4) is 0 Å². The normalized spacial score (nSPS) is 12.2. The van der Waals surface area contributed by atoms with Crippen LogP contribution in [-0.4, -0.2) is 28.5 Å². The van der Waals surface area contributed by atoms with Crippen molar-refractivity contribution in [2.75, 3.05) is 18.1 Å². The van der Waals surface area contributed by atoms with E-state index >= 15 is 0 Å². The summed E-state index contributed by atoms with van der Waals surface area (Å²) in [4.78, 5) is 12.3. The molecule has 0 aromatic heterocycles. The smallest absolute Gasteiger partial charge is 0.233 e. The number of carbonyl (C=O) groups excluding carboxylic acids is 1. The van der Waals surface area contributed by atoms with Gasteiger partial charge in [-0.3, -0.25) is 9.00 Å². The van der Waals surface area contributed by atoms with E-state index in [0.29, 0.717) is 22.9 Å². The van der Waals surface area contributed by atoms with E-state index in [4.69, 9.17) is 10.5 Å². The molecule has 0 radical (unpaired) electrons. The van der Waals surface area contributed by atoms with Crippen molar-refractivity contribution in [1.29, 1.82) is 0 Å². The lowest BCUT2D eigenvalue weighted by molar-refractivity contribution is -0.119. The number of carbonyl (C=O) groups is 1. The number of nitrogen functional groups attached to an aromatic ring is 1. The minimum absolute atomic E-state index is 0.0870. The molecule has 21 heavy (non-hydrogen) atoms. The lowest BCUT2D eigenvalue weighted by Crippen LogP contribution is -2.36. The van der Waals surface area contributed by atoms with Crippen molar-refractivity contribution in [2.45, 2.75) is 44.6 Å². The van der Waals surface area contributed by atoms with Crippen molar-refractivity contribution in [2.24, 2.45) is 0 Å². The molecule has 1 unspecified atom stereocenters. The Balaban J connectivity index is 2.74. The molecule has 1 aromatic carbocycles. The van der Waals surface area contributed by atoms with E-state index in [9.17, 15) is 9.00 Å². The minimum atomic E-state index is -1.48. The third kappa shape index (κ3) is 5.38. The summed E-state index contributed by atoms with van der Waals surface area (Å²) in [6, 6.07) is 5.14. The van der Waals surface area contributed by atoms with Crippen LogP contribution in [0, 0.1) is 0 Å². The van der Waals surface area contributed by atoms with Gasteiger partial charge in [0.2, 0.25) is 5.91 Å². The first-order valence-corrected chi connectivity index (χ1v) is 8.53. The largest absolute Gasteiger partial charge is 0.494 e. The molecular formula is C15H24N2O3S. The second-order valence-corrected chi connectivity index (χ2v) is 6.12. The monoisotopic (exact) mass is 312 g/mol. The fourth-order valence-electron chi connectivity index (χ4n) is 1.93. The van der Waals surface area contributed by atoms with Gasteiger partial charge in [-0.25, -0.2) is 0 Å². The Morgan fingerprint density at radius 1 is 1.33 bits per heavy atom. The van der Waals surface area contributed by atoms with Gasteiger partial charge in [-0.15, -0.1) is 0 Å². The maximum Gasteiger partial charge on any atom is 0.233 e. The summed E-state index contributed by atoms with van der Waals surface area (Å²) in [7, 11) is -1.48. The van der Waals surface area contributed by atoms with E-state index in [1.807, 2.05) is 20.8 Å². The Bertz CT molecular complexity index is 502. The molecule has 1 aromatic rings. The zero-order valence-electron chi connectivity index (χ0n) is 12.8. The van der Waals surface area contributed by atoms with Crippen molar-refractivity contribution < 1.29 is 13.7 Å². The Kier molecular flexibility index (Phi) is 7.22. The van der Waals surface area contributed by atoms with Crippen LogP contribution >= 0.6 is 0 Å². The van der Waals surface area contributed by atoms with Crippen LogP contribution in [0.1, 0.15) is 33.6 Å².